The smallest absolute Gasteiger partial charge is 0.419 e. The third kappa shape index (κ3) is 4.42. The number of aryl methyl sites for hydroxylation is 1. The summed E-state index contributed by atoms with van der Waals surface area (Å²) in [6, 6.07) is 5.68. The molecule has 2 N–H and O–H groups in total. The largest absolute Gasteiger partial charge is 0.481 e. The van der Waals surface area contributed by atoms with Crippen molar-refractivity contribution in [2.75, 3.05) is 5.32 Å². The van der Waals surface area contributed by atoms with Gasteiger partial charge >= 0.3 is 12.1 Å². The van der Waals surface area contributed by atoms with Gasteiger partial charge in [-0.05, 0) is 30.3 Å². The molecule has 2 aromatic heterocycles. The molecule has 11 heteroatoms. The number of halogens is 4. The van der Waals surface area contributed by atoms with Crippen molar-refractivity contribution in [3.8, 4) is 11.4 Å². The number of nitrogens with one attached hydrogen (secondary N) is 1. The second kappa shape index (κ2) is 7.62. The monoisotopic (exact) mass is 395 g/mol. The second-order valence-electron chi connectivity index (χ2n) is 5.68. The Morgan fingerprint density at radius 2 is 1.89 bits per heavy atom. The number of pyridine rings is 1. The summed E-state index contributed by atoms with van der Waals surface area (Å²) >= 11 is 0. The molecule has 0 saturated heterocycles. The number of alkyl halides is 3. The van der Waals surface area contributed by atoms with Crippen LogP contribution in [0.3, 0.4) is 0 Å². The van der Waals surface area contributed by atoms with Crippen LogP contribution in [0.25, 0.3) is 11.4 Å². The molecule has 0 fully saturated rings. The molecule has 0 aliphatic rings. The molecule has 3 rings (SSSR count). The van der Waals surface area contributed by atoms with Gasteiger partial charge in [0, 0.05) is 23.6 Å². The van der Waals surface area contributed by atoms with Crippen LogP contribution in [0.5, 0.6) is 0 Å². The molecule has 0 aliphatic heterocycles. The summed E-state index contributed by atoms with van der Waals surface area (Å²) < 4.78 is 53.4. The number of carboxylic acids is 1. The predicted octanol–water partition coefficient (Wildman–Crippen LogP) is 3.72. The van der Waals surface area contributed by atoms with Crippen molar-refractivity contribution in [1.29, 1.82) is 0 Å². The van der Waals surface area contributed by atoms with E-state index in [1.54, 1.807) is 12.1 Å². The van der Waals surface area contributed by atoms with E-state index >= 15 is 0 Å². The van der Waals surface area contributed by atoms with E-state index in [2.05, 4.69) is 20.4 Å². The molecule has 7 nitrogen and oxygen atoms in total. The van der Waals surface area contributed by atoms with E-state index in [4.69, 9.17) is 5.11 Å². The zero-order chi connectivity index (χ0) is 20.3. The fourth-order valence-electron chi connectivity index (χ4n) is 2.42. The van der Waals surface area contributed by atoms with Gasteiger partial charge in [0.05, 0.1) is 18.5 Å². The zero-order valence-corrected chi connectivity index (χ0v) is 14.1. The van der Waals surface area contributed by atoms with Gasteiger partial charge in [0.2, 0.25) is 5.95 Å². The summed E-state index contributed by atoms with van der Waals surface area (Å²) in [5.41, 5.74) is -0.890. The summed E-state index contributed by atoms with van der Waals surface area (Å²) in [6.45, 7) is -0.00110. The van der Waals surface area contributed by atoms with Crippen LogP contribution in [0.1, 0.15) is 12.0 Å². The molecule has 0 aliphatic carbocycles. The van der Waals surface area contributed by atoms with Crippen molar-refractivity contribution in [3.63, 3.8) is 0 Å². The van der Waals surface area contributed by atoms with Crippen molar-refractivity contribution < 1.29 is 27.5 Å². The number of hydrogen-bond donors (Lipinski definition) is 2. The van der Waals surface area contributed by atoms with Crippen molar-refractivity contribution in [3.05, 3.63) is 54.1 Å². The lowest BCUT2D eigenvalue weighted by molar-refractivity contribution is -0.140. The number of carboxylic acid groups (broad SMARTS) is 1. The van der Waals surface area contributed by atoms with Crippen molar-refractivity contribution in [2.45, 2.75) is 19.1 Å². The zero-order valence-electron chi connectivity index (χ0n) is 14.1. The van der Waals surface area contributed by atoms with Gasteiger partial charge < -0.3 is 10.4 Å². The Morgan fingerprint density at radius 1 is 1.18 bits per heavy atom. The van der Waals surface area contributed by atoms with Gasteiger partial charge in [0.15, 0.2) is 5.82 Å². The third-order valence-corrected chi connectivity index (χ3v) is 3.68. The van der Waals surface area contributed by atoms with Gasteiger partial charge in [-0.3, -0.25) is 9.78 Å². The quantitative estimate of drug-likeness (QED) is 0.618. The van der Waals surface area contributed by atoms with E-state index in [1.807, 2.05) is 0 Å². The molecule has 0 amide bonds. The van der Waals surface area contributed by atoms with Gasteiger partial charge in [-0.1, -0.05) is 0 Å². The average molecular weight is 395 g/mol. The van der Waals surface area contributed by atoms with Gasteiger partial charge in [-0.15, -0.1) is 5.10 Å². The second-order valence-corrected chi connectivity index (χ2v) is 5.68. The van der Waals surface area contributed by atoms with Crippen LogP contribution in [-0.2, 0) is 17.5 Å². The first kappa shape index (κ1) is 19.3. The number of benzene rings is 1. The molecule has 0 bridgehead atoms. The van der Waals surface area contributed by atoms with E-state index in [0.29, 0.717) is 23.5 Å². The molecule has 0 saturated carbocycles. The van der Waals surface area contributed by atoms with Crippen molar-refractivity contribution >= 4 is 17.6 Å². The van der Waals surface area contributed by atoms with E-state index in [9.17, 15) is 22.4 Å². The SMILES string of the molecule is O=C(O)CCn1nc(Nc2ccc(F)c(C(F)(F)F)c2)nc1-c1ccncc1. The van der Waals surface area contributed by atoms with Crippen LogP contribution < -0.4 is 5.32 Å². The first-order chi connectivity index (χ1) is 13.2. The predicted molar refractivity (Wildman–Crippen MR) is 90.2 cm³/mol. The van der Waals surface area contributed by atoms with Gasteiger partial charge in [0.1, 0.15) is 5.82 Å². The number of rotatable bonds is 6. The highest BCUT2D eigenvalue weighted by Gasteiger charge is 2.34. The molecule has 2 heterocycles. The summed E-state index contributed by atoms with van der Waals surface area (Å²) in [6.07, 6.45) is -2.06. The van der Waals surface area contributed by atoms with E-state index < -0.39 is 23.5 Å². The Kier molecular flexibility index (Phi) is 5.25. The maximum Gasteiger partial charge on any atom is 0.419 e. The lowest BCUT2D eigenvalue weighted by Gasteiger charge is -2.10. The minimum atomic E-state index is -4.85. The van der Waals surface area contributed by atoms with Crippen molar-refractivity contribution in [1.82, 2.24) is 19.7 Å². The molecular weight excluding hydrogens is 382 g/mol. The lowest BCUT2D eigenvalue weighted by Crippen LogP contribution is -2.09. The highest BCUT2D eigenvalue weighted by molar-refractivity contribution is 5.67. The lowest BCUT2D eigenvalue weighted by atomic mass is 10.2. The fraction of sp³-hybridized carbons (Fsp3) is 0.176. The molecule has 0 spiro atoms. The third-order valence-electron chi connectivity index (χ3n) is 3.68. The average Bonchev–Trinajstić information content (AvgIpc) is 3.04. The first-order valence-corrected chi connectivity index (χ1v) is 7.95. The molecule has 28 heavy (non-hydrogen) atoms. The number of aromatic nitrogens is 4. The highest BCUT2D eigenvalue weighted by Crippen LogP contribution is 2.33. The summed E-state index contributed by atoms with van der Waals surface area (Å²) in [5, 5.41) is 15.6. The fourth-order valence-corrected chi connectivity index (χ4v) is 2.42. The van der Waals surface area contributed by atoms with Gasteiger partial charge in [-0.2, -0.15) is 18.2 Å². The van der Waals surface area contributed by atoms with E-state index in [-0.39, 0.29) is 24.6 Å². The first-order valence-electron chi connectivity index (χ1n) is 7.95. The van der Waals surface area contributed by atoms with E-state index in [1.165, 1.54) is 17.1 Å². The standard InChI is InChI=1S/C17H13F4N5O2/c18-13-2-1-11(9-12(13)17(19,20)21)23-16-24-15(10-3-6-22-7-4-10)26(25-16)8-5-14(27)28/h1-4,6-7,9H,5,8H2,(H,23,25)(H,27,28). The van der Waals surface area contributed by atoms with Crippen LogP contribution in [0, 0.1) is 5.82 Å². The minimum Gasteiger partial charge on any atom is -0.481 e. The number of carbonyl (C=O) groups is 1. The van der Waals surface area contributed by atoms with Crippen LogP contribution in [0.4, 0.5) is 29.2 Å². The molecule has 0 atom stereocenters. The Bertz CT molecular complexity index is 989. The summed E-state index contributed by atoms with van der Waals surface area (Å²) in [7, 11) is 0. The van der Waals surface area contributed by atoms with Gasteiger partial charge in [-0.25, -0.2) is 9.07 Å². The molecular formula is C17H13F4N5O2. The molecule has 1 aromatic carbocycles. The Balaban J connectivity index is 1.94. The van der Waals surface area contributed by atoms with E-state index in [0.717, 1.165) is 6.07 Å². The van der Waals surface area contributed by atoms with Crippen molar-refractivity contribution in [2.24, 2.45) is 0 Å². The Labute approximate surface area is 155 Å². The minimum absolute atomic E-state index is 0.00110. The maximum atomic E-state index is 13.4. The van der Waals surface area contributed by atoms with Crippen LogP contribution >= 0.6 is 0 Å². The number of anilines is 2. The summed E-state index contributed by atoms with van der Waals surface area (Å²) in [4.78, 5) is 18.9. The highest BCUT2D eigenvalue weighted by atomic mass is 19.4. The van der Waals surface area contributed by atoms with Crippen LogP contribution in [-0.4, -0.2) is 30.8 Å². The molecule has 0 unspecified atom stereocenters. The topological polar surface area (TPSA) is 92.9 Å². The number of aliphatic carboxylic acids is 1. The summed E-state index contributed by atoms with van der Waals surface area (Å²) in [5.74, 6) is -2.18. The van der Waals surface area contributed by atoms with Crippen LogP contribution in [0.15, 0.2) is 42.7 Å². The number of hydrogen-bond acceptors (Lipinski definition) is 5. The molecule has 146 valence electrons. The maximum absolute atomic E-state index is 13.4. The Hall–Kier alpha value is -3.50. The van der Waals surface area contributed by atoms with Crippen LogP contribution in [0.2, 0.25) is 0 Å². The normalized spacial score (nSPS) is 11.4. The molecule has 0 radical (unpaired) electrons. The Morgan fingerprint density at radius 3 is 2.54 bits per heavy atom. The molecule has 3 aromatic rings. The van der Waals surface area contributed by atoms with Gasteiger partial charge in [0.25, 0.3) is 0 Å². The number of nitrogens with zero attached hydrogens (tertiary/aromatic N) is 4.